The van der Waals surface area contributed by atoms with Crippen molar-refractivity contribution in [3.05, 3.63) is 52.2 Å². The molecule has 1 unspecified atom stereocenters. The Morgan fingerprint density at radius 3 is 3.00 bits per heavy atom. The molecule has 0 spiro atoms. The van der Waals surface area contributed by atoms with E-state index >= 15 is 0 Å². The van der Waals surface area contributed by atoms with Gasteiger partial charge in [0.1, 0.15) is 22.7 Å². The third-order valence-electron chi connectivity index (χ3n) is 6.61. The summed E-state index contributed by atoms with van der Waals surface area (Å²) in [5.41, 5.74) is 4.45. The zero-order valence-electron chi connectivity index (χ0n) is 18.5. The lowest BCUT2D eigenvalue weighted by Gasteiger charge is -2.26. The number of carbonyl (C=O) groups excluding carboxylic acids is 1. The Balaban J connectivity index is 1.33. The highest BCUT2D eigenvalue weighted by Gasteiger charge is 2.31. The second-order valence-electron chi connectivity index (χ2n) is 8.64. The van der Waals surface area contributed by atoms with Crippen LogP contribution in [-0.4, -0.2) is 46.7 Å². The molecule has 0 saturated carbocycles. The highest BCUT2D eigenvalue weighted by atomic mass is 32.1. The van der Waals surface area contributed by atoms with Crippen molar-refractivity contribution < 1.29 is 9.53 Å². The van der Waals surface area contributed by atoms with Gasteiger partial charge in [-0.1, -0.05) is 12.2 Å². The van der Waals surface area contributed by atoms with Crippen molar-refractivity contribution >= 4 is 45.2 Å². The number of fused-ring (bicyclic) bond motifs is 4. The van der Waals surface area contributed by atoms with Crippen molar-refractivity contribution in [3.8, 4) is 5.75 Å². The number of thiophene rings is 1. The molecule has 1 atom stereocenters. The van der Waals surface area contributed by atoms with E-state index < -0.39 is 0 Å². The van der Waals surface area contributed by atoms with Crippen LogP contribution in [-0.2, 0) is 24.2 Å². The minimum Gasteiger partial charge on any atom is -0.492 e. The van der Waals surface area contributed by atoms with Crippen molar-refractivity contribution in [1.82, 2.24) is 14.9 Å². The van der Waals surface area contributed by atoms with Crippen LogP contribution < -0.4 is 10.1 Å². The molecule has 4 heterocycles. The predicted molar refractivity (Wildman–Crippen MR) is 131 cm³/mol. The van der Waals surface area contributed by atoms with Crippen LogP contribution in [0.4, 0.5) is 11.5 Å². The molecule has 168 valence electrons. The van der Waals surface area contributed by atoms with E-state index in [0.29, 0.717) is 13.2 Å². The molecule has 2 aromatic heterocycles. The molecule has 3 aromatic rings. The summed E-state index contributed by atoms with van der Waals surface area (Å²) in [6.45, 7) is 4.74. The zero-order chi connectivity index (χ0) is 22.4. The molecular formula is C25H25N5O2S. The molecule has 1 aliphatic carbocycles. The third kappa shape index (κ3) is 3.58. The van der Waals surface area contributed by atoms with E-state index in [1.165, 1.54) is 16.0 Å². The Morgan fingerprint density at radius 1 is 1.27 bits per heavy atom. The maximum absolute atomic E-state index is 13.0. The first-order chi connectivity index (χ1) is 16.2. The van der Waals surface area contributed by atoms with E-state index in [-0.39, 0.29) is 11.8 Å². The molecular weight excluding hydrogens is 434 g/mol. The predicted octanol–water partition coefficient (Wildman–Crippen LogP) is 4.27. The van der Waals surface area contributed by atoms with E-state index in [1.807, 2.05) is 18.0 Å². The van der Waals surface area contributed by atoms with Crippen molar-refractivity contribution in [2.24, 2.45) is 10.9 Å². The fourth-order valence-corrected chi connectivity index (χ4v) is 6.24. The maximum Gasteiger partial charge on any atom is 0.226 e. The van der Waals surface area contributed by atoms with Crippen LogP contribution in [0, 0.1) is 5.92 Å². The highest BCUT2D eigenvalue weighted by molar-refractivity contribution is 7.19. The second kappa shape index (κ2) is 8.26. The van der Waals surface area contributed by atoms with E-state index in [4.69, 9.17) is 4.74 Å². The number of hydrogen-bond donors (Lipinski definition) is 1. The fourth-order valence-electron chi connectivity index (χ4n) is 4.97. The van der Waals surface area contributed by atoms with Gasteiger partial charge in [0.2, 0.25) is 5.91 Å². The van der Waals surface area contributed by atoms with Crippen molar-refractivity contribution in [2.75, 3.05) is 25.0 Å². The SMILES string of the molecule is CCOc1cc2c(cc1Nc1ncnc3sc4c(c13)CCC(C(=O)N1CC=CC1)C4)C=NC2. The Morgan fingerprint density at radius 2 is 2.15 bits per heavy atom. The van der Waals surface area contributed by atoms with Gasteiger partial charge in [0, 0.05) is 30.1 Å². The normalized spacial score (nSPS) is 18.6. The summed E-state index contributed by atoms with van der Waals surface area (Å²) in [6.07, 6.45) is 10.2. The van der Waals surface area contributed by atoms with E-state index in [2.05, 4.69) is 44.6 Å². The van der Waals surface area contributed by atoms with Gasteiger partial charge in [-0.25, -0.2) is 9.97 Å². The van der Waals surface area contributed by atoms with Gasteiger partial charge in [0.05, 0.1) is 24.2 Å². The maximum atomic E-state index is 13.0. The Hall–Kier alpha value is -3.26. The topological polar surface area (TPSA) is 79.7 Å². The van der Waals surface area contributed by atoms with Crippen LogP contribution in [0.25, 0.3) is 10.2 Å². The lowest BCUT2D eigenvalue weighted by atomic mass is 9.87. The van der Waals surface area contributed by atoms with Gasteiger partial charge in [0.25, 0.3) is 0 Å². The van der Waals surface area contributed by atoms with Crippen LogP contribution in [0.5, 0.6) is 5.75 Å². The number of rotatable bonds is 5. The number of aliphatic imine (C=N–C) groups is 1. The number of carbonyl (C=O) groups is 1. The minimum absolute atomic E-state index is 0.0513. The summed E-state index contributed by atoms with van der Waals surface area (Å²) in [6, 6.07) is 4.15. The Bertz CT molecular complexity index is 1300. The molecule has 0 radical (unpaired) electrons. The van der Waals surface area contributed by atoms with Crippen molar-refractivity contribution in [1.29, 1.82) is 0 Å². The Kier molecular flexibility index (Phi) is 5.10. The average molecular weight is 460 g/mol. The number of hydrogen-bond acceptors (Lipinski definition) is 7. The Labute approximate surface area is 196 Å². The van der Waals surface area contributed by atoms with Crippen LogP contribution in [0.2, 0.25) is 0 Å². The summed E-state index contributed by atoms with van der Waals surface area (Å²) in [4.78, 5) is 30.7. The summed E-state index contributed by atoms with van der Waals surface area (Å²) in [5, 5.41) is 4.60. The van der Waals surface area contributed by atoms with Crippen LogP contribution in [0.3, 0.4) is 0 Å². The van der Waals surface area contributed by atoms with E-state index in [1.54, 1.807) is 17.7 Å². The number of anilines is 2. The smallest absolute Gasteiger partial charge is 0.226 e. The molecule has 33 heavy (non-hydrogen) atoms. The molecule has 8 heteroatoms. The van der Waals surface area contributed by atoms with Gasteiger partial charge in [-0.05, 0) is 55.0 Å². The molecule has 0 bridgehead atoms. The van der Waals surface area contributed by atoms with Gasteiger partial charge in [-0.3, -0.25) is 9.79 Å². The number of benzene rings is 1. The number of nitrogens with zero attached hydrogens (tertiary/aromatic N) is 4. The minimum atomic E-state index is 0.0513. The number of ether oxygens (including phenoxy) is 1. The highest BCUT2D eigenvalue weighted by Crippen LogP contribution is 2.42. The first kappa shape index (κ1) is 20.4. The molecule has 0 fully saturated rings. The molecule has 1 aromatic carbocycles. The standard InChI is InChI=1S/C25H25N5O2S/c1-2-32-20-10-17-13-26-12-16(17)9-19(20)29-23-22-18-6-5-15(25(31)30-7-3-4-8-30)11-21(18)33-24(22)28-14-27-23/h3-4,9-10,12,14-15H,2,5-8,11,13H2,1H3,(H,27,28,29). The quantitative estimate of drug-likeness (QED) is 0.577. The molecule has 7 nitrogen and oxygen atoms in total. The zero-order valence-corrected chi connectivity index (χ0v) is 19.3. The first-order valence-electron chi connectivity index (χ1n) is 11.5. The van der Waals surface area contributed by atoms with Gasteiger partial charge in [0.15, 0.2) is 0 Å². The number of aromatic nitrogens is 2. The van der Waals surface area contributed by atoms with Crippen molar-refractivity contribution in [2.45, 2.75) is 32.7 Å². The summed E-state index contributed by atoms with van der Waals surface area (Å²) >= 11 is 1.69. The average Bonchev–Trinajstić information content (AvgIpc) is 3.58. The lowest BCUT2D eigenvalue weighted by molar-refractivity contribution is -0.134. The van der Waals surface area contributed by atoms with E-state index in [0.717, 1.165) is 65.4 Å². The van der Waals surface area contributed by atoms with Gasteiger partial charge >= 0.3 is 0 Å². The molecule has 2 aliphatic heterocycles. The summed E-state index contributed by atoms with van der Waals surface area (Å²) in [5.74, 6) is 1.92. The monoisotopic (exact) mass is 459 g/mol. The van der Waals surface area contributed by atoms with Crippen molar-refractivity contribution in [3.63, 3.8) is 0 Å². The summed E-state index contributed by atoms with van der Waals surface area (Å²) < 4.78 is 5.92. The first-order valence-corrected chi connectivity index (χ1v) is 12.3. The third-order valence-corrected chi connectivity index (χ3v) is 7.77. The molecule has 3 aliphatic rings. The fraction of sp³-hybridized carbons (Fsp3) is 0.360. The van der Waals surface area contributed by atoms with Crippen LogP contribution >= 0.6 is 11.3 Å². The molecule has 1 amide bonds. The number of amides is 1. The number of nitrogens with one attached hydrogen (secondary N) is 1. The molecule has 6 rings (SSSR count). The van der Waals surface area contributed by atoms with Gasteiger partial charge in [-0.2, -0.15) is 0 Å². The largest absolute Gasteiger partial charge is 0.492 e. The van der Waals surface area contributed by atoms with E-state index in [9.17, 15) is 4.79 Å². The number of aryl methyl sites for hydroxylation is 1. The van der Waals surface area contributed by atoms with Crippen LogP contribution in [0.15, 0.2) is 35.6 Å². The van der Waals surface area contributed by atoms with Crippen LogP contribution in [0.1, 0.15) is 34.9 Å². The molecule has 0 saturated heterocycles. The lowest BCUT2D eigenvalue weighted by Crippen LogP contribution is -2.36. The van der Waals surface area contributed by atoms with Gasteiger partial charge in [-0.15, -0.1) is 11.3 Å². The molecule has 1 N–H and O–H groups in total. The summed E-state index contributed by atoms with van der Waals surface area (Å²) in [7, 11) is 0. The second-order valence-corrected chi connectivity index (χ2v) is 9.72. The van der Waals surface area contributed by atoms with Gasteiger partial charge < -0.3 is 15.0 Å².